The van der Waals surface area contributed by atoms with Gasteiger partial charge in [0.15, 0.2) is 5.76 Å². The molecule has 1 heterocycles. The number of ether oxygens (including phenoxy) is 1. The molecule has 0 saturated heterocycles. The van der Waals surface area contributed by atoms with Gasteiger partial charge in [-0.1, -0.05) is 0 Å². The molecule has 1 aromatic carbocycles. The first-order valence-electron chi connectivity index (χ1n) is 6.98. The number of carbonyl (C=O) groups is 1. The molecule has 106 valence electrons. The SMILES string of the molecule is COc1ccc2oc(C(=O)N[C@H](C)C3CC3)c(C)c2c1. The molecule has 20 heavy (non-hydrogen) atoms. The second kappa shape index (κ2) is 4.85. The maximum absolute atomic E-state index is 12.3. The number of rotatable bonds is 4. The van der Waals surface area contributed by atoms with Gasteiger partial charge in [0, 0.05) is 17.0 Å². The summed E-state index contributed by atoms with van der Waals surface area (Å²) in [4.78, 5) is 12.3. The molecule has 3 rings (SSSR count). The molecule has 1 fully saturated rings. The largest absolute Gasteiger partial charge is 0.497 e. The Labute approximate surface area is 118 Å². The predicted molar refractivity (Wildman–Crippen MR) is 77.2 cm³/mol. The van der Waals surface area contributed by atoms with Crippen LogP contribution in [0.3, 0.4) is 0 Å². The number of furan rings is 1. The van der Waals surface area contributed by atoms with Crippen LogP contribution in [-0.4, -0.2) is 19.1 Å². The third-order valence-corrected chi connectivity index (χ3v) is 4.04. The average Bonchev–Trinajstić information content (AvgIpc) is 3.24. The maximum Gasteiger partial charge on any atom is 0.287 e. The van der Waals surface area contributed by atoms with E-state index in [0.29, 0.717) is 17.3 Å². The van der Waals surface area contributed by atoms with Gasteiger partial charge in [-0.15, -0.1) is 0 Å². The van der Waals surface area contributed by atoms with Crippen molar-refractivity contribution in [1.29, 1.82) is 0 Å². The standard InChI is InChI=1S/C16H19NO3/c1-9-13-8-12(19-3)6-7-14(13)20-15(9)16(18)17-10(2)11-4-5-11/h6-8,10-11H,4-5H2,1-3H3,(H,17,18)/t10-/m1/s1. The van der Waals surface area contributed by atoms with E-state index in [-0.39, 0.29) is 11.9 Å². The molecule has 0 bridgehead atoms. The van der Waals surface area contributed by atoms with Crippen molar-refractivity contribution in [2.24, 2.45) is 5.92 Å². The fourth-order valence-electron chi connectivity index (χ4n) is 2.53. The Kier molecular flexibility index (Phi) is 3.16. The van der Waals surface area contributed by atoms with E-state index in [0.717, 1.165) is 16.7 Å². The van der Waals surface area contributed by atoms with E-state index in [1.54, 1.807) is 7.11 Å². The molecule has 1 aliphatic carbocycles. The number of nitrogens with one attached hydrogen (secondary N) is 1. The molecule has 4 heteroatoms. The van der Waals surface area contributed by atoms with Gasteiger partial charge >= 0.3 is 0 Å². The van der Waals surface area contributed by atoms with Gasteiger partial charge in [-0.2, -0.15) is 0 Å². The Balaban J connectivity index is 1.90. The Morgan fingerprint density at radius 2 is 2.20 bits per heavy atom. The van der Waals surface area contributed by atoms with Gasteiger partial charge in [-0.25, -0.2) is 0 Å². The lowest BCUT2D eigenvalue weighted by Crippen LogP contribution is -2.34. The molecule has 1 N–H and O–H groups in total. The summed E-state index contributed by atoms with van der Waals surface area (Å²) in [6.45, 7) is 3.96. The van der Waals surface area contributed by atoms with Crippen molar-refractivity contribution in [2.75, 3.05) is 7.11 Å². The molecule has 0 aliphatic heterocycles. The zero-order valence-electron chi connectivity index (χ0n) is 12.0. The topological polar surface area (TPSA) is 51.5 Å². The second-order valence-corrected chi connectivity index (χ2v) is 5.52. The Morgan fingerprint density at radius 3 is 2.85 bits per heavy atom. The number of aryl methyl sites for hydroxylation is 1. The lowest BCUT2D eigenvalue weighted by atomic mass is 10.1. The molecule has 1 saturated carbocycles. The summed E-state index contributed by atoms with van der Waals surface area (Å²) in [5.41, 5.74) is 1.58. The number of carbonyl (C=O) groups excluding carboxylic acids is 1. The van der Waals surface area contributed by atoms with Crippen LogP contribution in [0.1, 0.15) is 35.9 Å². The third-order valence-electron chi connectivity index (χ3n) is 4.04. The zero-order valence-corrected chi connectivity index (χ0v) is 12.0. The van der Waals surface area contributed by atoms with Crippen LogP contribution in [0.25, 0.3) is 11.0 Å². The summed E-state index contributed by atoms with van der Waals surface area (Å²) in [5.74, 6) is 1.67. The van der Waals surface area contributed by atoms with Gasteiger partial charge in [0.2, 0.25) is 0 Å². The van der Waals surface area contributed by atoms with Crippen molar-refractivity contribution in [2.45, 2.75) is 32.7 Å². The van der Waals surface area contributed by atoms with Crippen molar-refractivity contribution in [3.8, 4) is 5.75 Å². The van der Waals surface area contributed by atoms with Crippen LogP contribution in [0.2, 0.25) is 0 Å². The minimum atomic E-state index is -0.128. The third kappa shape index (κ3) is 2.26. The number of methoxy groups -OCH3 is 1. The number of hydrogen-bond acceptors (Lipinski definition) is 3. The minimum absolute atomic E-state index is 0.128. The molecule has 1 atom stereocenters. The number of fused-ring (bicyclic) bond motifs is 1. The van der Waals surface area contributed by atoms with Gasteiger partial charge in [-0.05, 0) is 50.8 Å². The van der Waals surface area contributed by atoms with Crippen molar-refractivity contribution in [3.63, 3.8) is 0 Å². The van der Waals surface area contributed by atoms with E-state index >= 15 is 0 Å². The van der Waals surface area contributed by atoms with E-state index in [2.05, 4.69) is 12.2 Å². The monoisotopic (exact) mass is 273 g/mol. The molecule has 4 nitrogen and oxygen atoms in total. The maximum atomic E-state index is 12.3. The Hall–Kier alpha value is -1.97. The highest BCUT2D eigenvalue weighted by molar-refractivity contribution is 5.99. The lowest BCUT2D eigenvalue weighted by Gasteiger charge is -2.11. The summed E-state index contributed by atoms with van der Waals surface area (Å²) in [6, 6.07) is 5.78. The van der Waals surface area contributed by atoms with E-state index in [4.69, 9.17) is 9.15 Å². The van der Waals surface area contributed by atoms with Gasteiger partial charge in [0.1, 0.15) is 11.3 Å². The van der Waals surface area contributed by atoms with E-state index in [9.17, 15) is 4.79 Å². The van der Waals surface area contributed by atoms with Gasteiger partial charge in [0.05, 0.1) is 7.11 Å². The number of hydrogen-bond donors (Lipinski definition) is 1. The number of amides is 1. The summed E-state index contributed by atoms with van der Waals surface area (Å²) in [5, 5.41) is 3.95. The van der Waals surface area contributed by atoms with Crippen LogP contribution < -0.4 is 10.1 Å². The van der Waals surface area contributed by atoms with E-state index < -0.39 is 0 Å². The quantitative estimate of drug-likeness (QED) is 0.930. The van der Waals surface area contributed by atoms with Gasteiger partial charge in [-0.3, -0.25) is 4.79 Å². The van der Waals surface area contributed by atoms with E-state index in [1.165, 1.54) is 12.8 Å². The van der Waals surface area contributed by atoms with Crippen molar-refractivity contribution in [1.82, 2.24) is 5.32 Å². The second-order valence-electron chi connectivity index (χ2n) is 5.52. The average molecular weight is 273 g/mol. The van der Waals surface area contributed by atoms with Crippen LogP contribution in [0, 0.1) is 12.8 Å². The van der Waals surface area contributed by atoms with E-state index in [1.807, 2.05) is 25.1 Å². The van der Waals surface area contributed by atoms with Crippen molar-refractivity contribution < 1.29 is 13.9 Å². The normalized spacial score (nSPS) is 16.1. The lowest BCUT2D eigenvalue weighted by molar-refractivity contribution is 0.0909. The first kappa shape index (κ1) is 13.0. The fraction of sp³-hybridized carbons (Fsp3) is 0.438. The Bertz CT molecular complexity index is 655. The molecule has 0 unspecified atom stereocenters. The predicted octanol–water partition coefficient (Wildman–Crippen LogP) is 3.28. The van der Waals surface area contributed by atoms with Crippen LogP contribution in [0.15, 0.2) is 22.6 Å². The van der Waals surface area contributed by atoms with Gasteiger partial charge in [0.25, 0.3) is 5.91 Å². The minimum Gasteiger partial charge on any atom is -0.497 e. The van der Waals surface area contributed by atoms with Crippen LogP contribution >= 0.6 is 0 Å². The molecule has 1 aromatic heterocycles. The number of benzene rings is 1. The summed E-state index contributed by atoms with van der Waals surface area (Å²) in [7, 11) is 1.63. The molecule has 0 radical (unpaired) electrons. The zero-order chi connectivity index (χ0) is 14.3. The summed E-state index contributed by atoms with van der Waals surface area (Å²) in [6.07, 6.45) is 2.41. The first-order valence-corrected chi connectivity index (χ1v) is 6.98. The van der Waals surface area contributed by atoms with Crippen LogP contribution in [0.5, 0.6) is 5.75 Å². The summed E-state index contributed by atoms with van der Waals surface area (Å²) < 4.78 is 10.9. The first-order chi connectivity index (χ1) is 9.60. The van der Waals surface area contributed by atoms with Crippen LogP contribution in [-0.2, 0) is 0 Å². The molecule has 1 aliphatic rings. The molecule has 1 amide bonds. The highest BCUT2D eigenvalue weighted by Gasteiger charge is 2.30. The van der Waals surface area contributed by atoms with Crippen LogP contribution in [0.4, 0.5) is 0 Å². The highest BCUT2D eigenvalue weighted by Crippen LogP contribution is 2.33. The van der Waals surface area contributed by atoms with Crippen molar-refractivity contribution >= 4 is 16.9 Å². The fourth-order valence-corrected chi connectivity index (χ4v) is 2.53. The molecule has 2 aromatic rings. The molecular weight excluding hydrogens is 254 g/mol. The Morgan fingerprint density at radius 1 is 1.45 bits per heavy atom. The smallest absolute Gasteiger partial charge is 0.287 e. The van der Waals surface area contributed by atoms with Crippen molar-refractivity contribution in [3.05, 3.63) is 29.5 Å². The summed E-state index contributed by atoms with van der Waals surface area (Å²) >= 11 is 0. The van der Waals surface area contributed by atoms with Gasteiger partial charge < -0.3 is 14.5 Å². The molecule has 0 spiro atoms. The highest BCUT2D eigenvalue weighted by atomic mass is 16.5. The molecular formula is C16H19NO3.